The van der Waals surface area contributed by atoms with E-state index in [1.165, 1.54) is 109 Å². The monoisotopic (exact) mass is 1260 g/mol. The van der Waals surface area contributed by atoms with Crippen molar-refractivity contribution in [3.63, 3.8) is 0 Å². The van der Waals surface area contributed by atoms with E-state index in [-0.39, 0.29) is 45.4 Å². The molecule has 8 atom stereocenters. The van der Waals surface area contributed by atoms with Crippen molar-refractivity contribution in [3.05, 3.63) is 215 Å². The predicted octanol–water partition coefficient (Wildman–Crippen LogP) is 18.4. The number of hydrogen-bond acceptors (Lipinski definition) is 11. The van der Waals surface area contributed by atoms with Crippen molar-refractivity contribution in [1.82, 2.24) is 5.32 Å². The second-order valence-corrected chi connectivity index (χ2v) is 24.8. The second kappa shape index (κ2) is 44.9. The summed E-state index contributed by atoms with van der Waals surface area (Å²) in [7, 11) is 0. The Morgan fingerprint density at radius 3 is 1.21 bits per heavy atom. The number of rotatable bonds is 48. The number of carbonyl (C=O) groups excluding carboxylic acids is 3. The van der Waals surface area contributed by atoms with Crippen molar-refractivity contribution in [3.8, 4) is 0 Å². The van der Waals surface area contributed by atoms with Gasteiger partial charge in [-0.15, -0.1) is 0 Å². The topological polar surface area (TPSA) is 137 Å². The fourth-order valence-electron chi connectivity index (χ4n) is 12.0. The van der Waals surface area contributed by atoms with E-state index in [1.54, 1.807) is 48.5 Å². The van der Waals surface area contributed by atoms with Gasteiger partial charge in [0.1, 0.15) is 30.5 Å². The molecule has 1 fully saturated rings. The predicted molar refractivity (Wildman–Crippen MR) is 366 cm³/mol. The van der Waals surface area contributed by atoms with Crippen LogP contribution in [0.25, 0.3) is 0 Å². The first-order chi connectivity index (χ1) is 45.4. The highest BCUT2D eigenvalue weighted by atomic mass is 16.7. The normalized spacial score (nSPS) is 17.3. The Kier molecular flexibility index (Phi) is 35.6. The SMILES string of the molecule is CCCCCCCCCCCCCCCCCCCCCCCC(=O)N[C@@H](CO[C@H]1O[C@H](COCc2ccccc2)[C@H](OCc2ccccc2)[C@H](OCc2ccccc2)[C@H]1OCc1ccccc1)[C@H](OC(=O)c1ccccc1)[C@@H](CCCC)OC(=O)c1ccccc1. The number of benzene rings is 6. The van der Waals surface area contributed by atoms with E-state index >= 15 is 0 Å². The Labute approximate surface area is 551 Å². The third kappa shape index (κ3) is 28.0. The van der Waals surface area contributed by atoms with Gasteiger partial charge in [0.25, 0.3) is 0 Å². The van der Waals surface area contributed by atoms with Crippen LogP contribution in [0.2, 0.25) is 0 Å². The van der Waals surface area contributed by atoms with Gasteiger partial charge in [-0.3, -0.25) is 4.79 Å². The number of amides is 1. The zero-order chi connectivity index (χ0) is 64.3. The van der Waals surface area contributed by atoms with Gasteiger partial charge in [-0.05, 0) is 65.8 Å². The summed E-state index contributed by atoms with van der Waals surface area (Å²) < 4.78 is 54.8. The van der Waals surface area contributed by atoms with Crippen LogP contribution in [0, 0.1) is 0 Å². The molecule has 0 spiro atoms. The summed E-state index contributed by atoms with van der Waals surface area (Å²) in [6.45, 7) is 5.12. The van der Waals surface area contributed by atoms with Crippen LogP contribution >= 0.6 is 0 Å². The third-order valence-electron chi connectivity index (χ3n) is 17.3. The van der Waals surface area contributed by atoms with Gasteiger partial charge >= 0.3 is 11.9 Å². The van der Waals surface area contributed by atoms with Crippen LogP contribution in [0.3, 0.4) is 0 Å². The van der Waals surface area contributed by atoms with E-state index in [9.17, 15) is 14.4 Å². The van der Waals surface area contributed by atoms with Gasteiger partial charge in [-0.1, -0.05) is 306 Å². The molecular formula is C80H107NO11. The van der Waals surface area contributed by atoms with Gasteiger partial charge in [0.15, 0.2) is 12.4 Å². The molecule has 0 unspecified atom stereocenters. The van der Waals surface area contributed by atoms with E-state index in [4.69, 9.17) is 37.9 Å². The minimum absolute atomic E-state index is 0.0936. The summed E-state index contributed by atoms with van der Waals surface area (Å²) in [6.07, 6.45) is 22.0. The van der Waals surface area contributed by atoms with Crippen LogP contribution < -0.4 is 5.32 Å². The van der Waals surface area contributed by atoms with Crippen LogP contribution in [0.1, 0.15) is 217 Å². The Morgan fingerprint density at radius 1 is 0.402 bits per heavy atom. The van der Waals surface area contributed by atoms with E-state index in [0.29, 0.717) is 37.0 Å². The molecule has 0 bridgehead atoms. The fourth-order valence-corrected chi connectivity index (χ4v) is 12.0. The molecule has 1 saturated heterocycles. The molecule has 1 aliphatic heterocycles. The highest BCUT2D eigenvalue weighted by Gasteiger charge is 2.50. The second-order valence-electron chi connectivity index (χ2n) is 24.8. The van der Waals surface area contributed by atoms with Gasteiger partial charge in [-0.2, -0.15) is 0 Å². The maximum atomic E-state index is 14.6. The Balaban J connectivity index is 1.10. The summed E-state index contributed by atoms with van der Waals surface area (Å²) in [6, 6.07) is 56.2. The number of carbonyl (C=O) groups is 3. The van der Waals surface area contributed by atoms with Crippen LogP contribution in [-0.4, -0.2) is 80.0 Å². The summed E-state index contributed by atoms with van der Waals surface area (Å²) in [5.74, 6) is -1.47. The summed E-state index contributed by atoms with van der Waals surface area (Å²) in [5, 5.41) is 3.28. The number of esters is 2. The van der Waals surface area contributed by atoms with Crippen molar-refractivity contribution >= 4 is 17.8 Å². The lowest BCUT2D eigenvalue weighted by Gasteiger charge is -2.46. The highest BCUT2D eigenvalue weighted by Crippen LogP contribution is 2.33. The lowest BCUT2D eigenvalue weighted by molar-refractivity contribution is -0.329. The lowest BCUT2D eigenvalue weighted by atomic mass is 9.97. The largest absolute Gasteiger partial charge is 0.455 e. The standard InChI is InChI=1S/C80H107NO11/c1-3-5-7-8-9-10-11-12-13-14-15-16-17-18-19-20-21-22-23-24-43-57-73(82)81-70(74(92-79(84)69-54-41-30-42-55-69)71(56-6-4-2)90-78(83)68-52-39-29-40-53-68)62-89-80-77(88-61-67-50-37-28-38-51-67)76(87-60-66-48-35-27-36-49-66)75(86-59-65-46-33-26-34-47-65)72(91-80)63-85-58-64-44-31-25-32-45-64/h25-42,44-55,70-72,74-77,80H,3-24,43,56-63H2,1-2H3,(H,81,82)/t70-,71+,72+,74-,75-,76-,77+,80-/m0/s1. The first kappa shape index (κ1) is 72.9. The molecule has 1 N–H and O–H groups in total. The first-order valence-corrected chi connectivity index (χ1v) is 35.0. The molecule has 6 aromatic carbocycles. The molecule has 1 amide bonds. The average molecular weight is 1260 g/mol. The van der Waals surface area contributed by atoms with Gasteiger partial charge in [0, 0.05) is 6.42 Å². The summed E-state index contributed by atoms with van der Waals surface area (Å²) in [5.41, 5.74) is 4.46. The lowest BCUT2D eigenvalue weighted by Crippen LogP contribution is -2.62. The molecule has 92 heavy (non-hydrogen) atoms. The average Bonchev–Trinajstić information content (AvgIpc) is 0.844. The van der Waals surface area contributed by atoms with Gasteiger partial charge in [0.2, 0.25) is 5.91 Å². The number of unbranched alkanes of at least 4 members (excludes halogenated alkanes) is 21. The van der Waals surface area contributed by atoms with Crippen molar-refractivity contribution < 1.29 is 52.3 Å². The molecule has 6 aromatic rings. The minimum atomic E-state index is -1.23. The zero-order valence-corrected chi connectivity index (χ0v) is 55.4. The molecule has 1 aliphatic rings. The smallest absolute Gasteiger partial charge is 0.338 e. The quantitative estimate of drug-likeness (QED) is 0.0289. The maximum absolute atomic E-state index is 14.6. The molecule has 1 heterocycles. The zero-order valence-electron chi connectivity index (χ0n) is 55.4. The van der Waals surface area contributed by atoms with Crippen LogP contribution in [0.15, 0.2) is 182 Å². The third-order valence-corrected chi connectivity index (χ3v) is 17.3. The van der Waals surface area contributed by atoms with Crippen molar-refractivity contribution in [2.45, 2.75) is 250 Å². The molecule has 498 valence electrons. The Morgan fingerprint density at radius 2 is 0.772 bits per heavy atom. The molecule has 12 nitrogen and oxygen atoms in total. The molecule has 7 rings (SSSR count). The van der Waals surface area contributed by atoms with E-state index in [1.807, 2.05) is 140 Å². The molecule has 0 radical (unpaired) electrons. The molecule has 0 aliphatic carbocycles. The van der Waals surface area contributed by atoms with Crippen molar-refractivity contribution in [2.75, 3.05) is 13.2 Å². The van der Waals surface area contributed by atoms with Crippen LogP contribution in [0.4, 0.5) is 0 Å². The number of nitrogens with one attached hydrogen (secondary N) is 1. The van der Waals surface area contributed by atoms with Gasteiger partial charge in [-0.25, -0.2) is 9.59 Å². The summed E-state index contributed by atoms with van der Waals surface area (Å²) >= 11 is 0. The number of ether oxygens (including phenoxy) is 8. The van der Waals surface area contributed by atoms with Crippen LogP contribution in [0.5, 0.6) is 0 Å². The number of hydrogen-bond donors (Lipinski definition) is 1. The van der Waals surface area contributed by atoms with E-state index < -0.39 is 60.9 Å². The summed E-state index contributed by atoms with van der Waals surface area (Å²) in [4.78, 5) is 43.3. The first-order valence-electron chi connectivity index (χ1n) is 35.0. The molecular weight excluding hydrogens is 1150 g/mol. The van der Waals surface area contributed by atoms with Gasteiger partial charge in [0.05, 0.1) is 56.8 Å². The Hall–Kier alpha value is -6.51. The fraction of sp³-hybridized carbons (Fsp3) is 0.512. The Bertz CT molecular complexity index is 2830. The molecule has 12 heteroatoms. The van der Waals surface area contributed by atoms with E-state index in [0.717, 1.165) is 47.9 Å². The van der Waals surface area contributed by atoms with Crippen molar-refractivity contribution in [2.24, 2.45) is 0 Å². The highest BCUT2D eigenvalue weighted by molar-refractivity contribution is 5.90. The minimum Gasteiger partial charge on any atom is -0.455 e. The van der Waals surface area contributed by atoms with E-state index in [2.05, 4.69) is 12.2 Å². The molecule has 0 aromatic heterocycles. The molecule has 0 saturated carbocycles. The van der Waals surface area contributed by atoms with Crippen LogP contribution in [-0.2, 0) is 69.1 Å². The van der Waals surface area contributed by atoms with Crippen molar-refractivity contribution in [1.29, 1.82) is 0 Å². The van der Waals surface area contributed by atoms with Gasteiger partial charge < -0.3 is 43.2 Å². The maximum Gasteiger partial charge on any atom is 0.338 e.